The van der Waals surface area contributed by atoms with Crippen molar-refractivity contribution in [2.75, 3.05) is 0 Å². The topological polar surface area (TPSA) is 98.7 Å². The van der Waals surface area contributed by atoms with Gasteiger partial charge in [0.1, 0.15) is 0 Å². The molecular weight excluding hydrogens is 275 g/mol. The van der Waals surface area contributed by atoms with Gasteiger partial charge in [-0.2, -0.15) is 18.4 Å². The van der Waals surface area contributed by atoms with Crippen LogP contribution in [0.1, 0.15) is 5.56 Å². The van der Waals surface area contributed by atoms with Crippen LogP contribution >= 0.6 is 0 Å². The van der Waals surface area contributed by atoms with Gasteiger partial charge in [-0.3, -0.25) is 4.21 Å². The normalized spacial score (nSPS) is 13.1. The molecule has 1 aromatic rings. The van der Waals surface area contributed by atoms with Gasteiger partial charge in [0, 0.05) is 0 Å². The van der Waals surface area contributed by atoms with E-state index in [1.165, 1.54) is 12.1 Å². The van der Waals surface area contributed by atoms with Crippen LogP contribution in [0.4, 0.5) is 0 Å². The molecule has 0 amide bonds. The predicted octanol–water partition coefficient (Wildman–Crippen LogP) is -2.90. The standard InChI is InChI=1S/C8H10N2O4S2.Na/c1-7-2-4-8(5-3-7)16(13,14)10-9-6-15(11)12;/h2-6,10H,1H3,(H,11,12);/q;+1/p-1. The molecule has 0 aliphatic carbocycles. The summed E-state index contributed by atoms with van der Waals surface area (Å²) in [5.41, 5.74) is 1.38. The Kier molecular flexibility index (Phi) is 7.14. The fourth-order valence-electron chi connectivity index (χ4n) is 0.904. The number of sulfonamides is 1. The number of rotatable bonds is 4. The van der Waals surface area contributed by atoms with E-state index in [4.69, 9.17) is 0 Å². The van der Waals surface area contributed by atoms with Crippen LogP contribution in [0.2, 0.25) is 0 Å². The molecule has 0 aliphatic rings. The summed E-state index contributed by atoms with van der Waals surface area (Å²) < 4.78 is 43.2. The zero-order chi connectivity index (χ0) is 12.2. The fraction of sp³-hybridized carbons (Fsp3) is 0.125. The minimum atomic E-state index is -3.79. The van der Waals surface area contributed by atoms with E-state index in [9.17, 15) is 17.2 Å². The van der Waals surface area contributed by atoms with Gasteiger partial charge in [0.25, 0.3) is 10.0 Å². The van der Waals surface area contributed by atoms with Crippen molar-refractivity contribution in [3.8, 4) is 0 Å². The van der Waals surface area contributed by atoms with Gasteiger partial charge >= 0.3 is 29.6 Å². The minimum absolute atomic E-state index is 0. The molecule has 1 atom stereocenters. The van der Waals surface area contributed by atoms with Gasteiger partial charge in [0.15, 0.2) is 0 Å². The smallest absolute Gasteiger partial charge is 0.768 e. The molecule has 0 aliphatic heterocycles. The molecule has 0 radical (unpaired) electrons. The monoisotopic (exact) mass is 284 g/mol. The maximum atomic E-state index is 11.5. The number of nitrogens with one attached hydrogen (secondary N) is 1. The van der Waals surface area contributed by atoms with E-state index in [2.05, 4.69) is 5.10 Å². The second-order valence-corrected chi connectivity index (χ2v) is 5.30. The van der Waals surface area contributed by atoms with Gasteiger partial charge in [0.2, 0.25) is 0 Å². The van der Waals surface area contributed by atoms with Crippen LogP contribution in [-0.2, 0) is 21.1 Å². The molecule has 9 heteroatoms. The van der Waals surface area contributed by atoms with Crippen LogP contribution in [-0.4, -0.2) is 22.7 Å². The number of aryl methyl sites for hydroxylation is 1. The maximum Gasteiger partial charge on any atom is 1.00 e. The van der Waals surface area contributed by atoms with Crippen molar-refractivity contribution in [2.45, 2.75) is 11.8 Å². The SMILES string of the molecule is Cc1ccc(S(=O)(=O)NN=CS(=O)[O-])cc1.[Na+]. The van der Waals surface area contributed by atoms with Crippen molar-refractivity contribution < 1.29 is 46.7 Å². The average Bonchev–Trinajstić information content (AvgIpc) is 2.17. The number of hydrazone groups is 1. The maximum absolute atomic E-state index is 11.5. The molecule has 17 heavy (non-hydrogen) atoms. The molecule has 0 saturated heterocycles. The van der Waals surface area contributed by atoms with E-state index in [0.29, 0.717) is 5.55 Å². The van der Waals surface area contributed by atoms with Crippen molar-refractivity contribution in [1.82, 2.24) is 4.83 Å². The molecule has 0 saturated carbocycles. The number of hydrogen-bond acceptors (Lipinski definition) is 5. The van der Waals surface area contributed by atoms with Crippen LogP contribution in [0.5, 0.6) is 0 Å². The van der Waals surface area contributed by atoms with Crippen molar-refractivity contribution in [3.05, 3.63) is 29.8 Å². The summed E-state index contributed by atoms with van der Waals surface area (Å²) in [7, 11) is -3.79. The van der Waals surface area contributed by atoms with Crippen molar-refractivity contribution >= 4 is 26.7 Å². The molecular formula is C8H9N2NaO4S2. The number of hydrogen-bond donors (Lipinski definition) is 1. The van der Waals surface area contributed by atoms with Crippen LogP contribution in [0.25, 0.3) is 0 Å². The second-order valence-electron chi connectivity index (χ2n) is 2.90. The van der Waals surface area contributed by atoms with Gasteiger partial charge in [-0.15, -0.1) is 0 Å². The average molecular weight is 284 g/mol. The minimum Gasteiger partial charge on any atom is -0.768 e. The third-order valence-electron chi connectivity index (χ3n) is 1.64. The molecule has 88 valence electrons. The molecule has 0 fully saturated rings. The van der Waals surface area contributed by atoms with Gasteiger partial charge in [-0.25, -0.2) is 0 Å². The van der Waals surface area contributed by atoms with Crippen LogP contribution in [0.15, 0.2) is 34.3 Å². The summed E-state index contributed by atoms with van der Waals surface area (Å²) in [6.07, 6.45) is 0. The number of benzene rings is 1. The fourth-order valence-corrected chi connectivity index (χ4v) is 1.90. The quantitative estimate of drug-likeness (QED) is 0.211. The molecule has 0 aromatic heterocycles. The first-order valence-corrected chi connectivity index (χ1v) is 6.74. The summed E-state index contributed by atoms with van der Waals surface area (Å²) in [5.74, 6) is 0. The first-order chi connectivity index (χ1) is 7.42. The Hall–Kier alpha value is -0.250. The van der Waals surface area contributed by atoms with E-state index in [-0.39, 0.29) is 34.5 Å². The molecule has 1 N–H and O–H groups in total. The summed E-state index contributed by atoms with van der Waals surface area (Å²) >= 11 is -2.53. The summed E-state index contributed by atoms with van der Waals surface area (Å²) in [4.78, 5) is 1.80. The Morgan fingerprint density at radius 1 is 1.35 bits per heavy atom. The van der Waals surface area contributed by atoms with Gasteiger partial charge < -0.3 is 4.55 Å². The van der Waals surface area contributed by atoms with Gasteiger partial charge in [-0.05, 0) is 30.1 Å². The van der Waals surface area contributed by atoms with Crippen molar-refractivity contribution in [2.24, 2.45) is 5.10 Å². The van der Waals surface area contributed by atoms with E-state index in [1.807, 2.05) is 6.92 Å². The zero-order valence-electron chi connectivity index (χ0n) is 9.28. The molecule has 1 aromatic carbocycles. The molecule has 0 spiro atoms. The Bertz CT molecular complexity index is 513. The van der Waals surface area contributed by atoms with E-state index in [0.717, 1.165) is 5.56 Å². The van der Waals surface area contributed by atoms with Gasteiger partial charge in [0.05, 0.1) is 10.4 Å². The van der Waals surface area contributed by atoms with Crippen LogP contribution < -0.4 is 34.4 Å². The Morgan fingerprint density at radius 3 is 2.35 bits per heavy atom. The molecule has 1 unspecified atom stereocenters. The summed E-state index contributed by atoms with van der Waals surface area (Å²) in [6, 6.07) is 6.07. The third kappa shape index (κ3) is 5.75. The second kappa shape index (κ2) is 7.24. The Labute approximate surface area is 124 Å². The molecule has 0 heterocycles. The third-order valence-corrected chi connectivity index (χ3v) is 3.16. The van der Waals surface area contributed by atoms with Crippen molar-refractivity contribution in [1.29, 1.82) is 0 Å². The Morgan fingerprint density at radius 2 is 1.88 bits per heavy atom. The first kappa shape index (κ1) is 16.8. The van der Waals surface area contributed by atoms with E-state index in [1.54, 1.807) is 17.0 Å². The Balaban J connectivity index is 0.00000256. The molecule has 0 bridgehead atoms. The predicted molar refractivity (Wildman–Crippen MR) is 58.9 cm³/mol. The van der Waals surface area contributed by atoms with E-state index < -0.39 is 21.1 Å². The number of nitrogens with zero attached hydrogens (tertiary/aromatic N) is 1. The van der Waals surface area contributed by atoms with Crippen molar-refractivity contribution in [3.63, 3.8) is 0 Å². The summed E-state index contributed by atoms with van der Waals surface area (Å²) in [6.45, 7) is 1.82. The first-order valence-electron chi connectivity index (χ1n) is 4.11. The molecule has 6 nitrogen and oxygen atoms in total. The molecule has 1 rings (SSSR count). The van der Waals surface area contributed by atoms with Crippen LogP contribution in [0.3, 0.4) is 0 Å². The van der Waals surface area contributed by atoms with Crippen LogP contribution in [0, 0.1) is 6.92 Å². The largest absolute Gasteiger partial charge is 1.00 e. The van der Waals surface area contributed by atoms with Gasteiger partial charge in [-0.1, -0.05) is 17.7 Å². The zero-order valence-corrected chi connectivity index (χ0v) is 12.9. The van der Waals surface area contributed by atoms with E-state index >= 15 is 0 Å². The summed E-state index contributed by atoms with van der Waals surface area (Å²) in [5, 5.41) is 3.07.